The van der Waals surface area contributed by atoms with Crippen molar-refractivity contribution in [3.05, 3.63) is 17.7 Å². The van der Waals surface area contributed by atoms with E-state index in [0.717, 1.165) is 18.7 Å². The monoisotopic (exact) mass is 403 g/mol. The standard InChI is InChI=1S/C20H33NO5.ClH/c1-14-6-15(2)10-21(9-14)11-17(22)13-26-12-16-7-18(23-3)20(25-5)19(8-16)24-4;/h7-8,14-15,17,22H,6,9-13H2,1-5H3;1H. The van der Waals surface area contributed by atoms with Gasteiger partial charge in [0.15, 0.2) is 11.5 Å². The minimum Gasteiger partial charge on any atom is -0.493 e. The molecule has 3 unspecified atom stereocenters. The fraction of sp³-hybridized carbons (Fsp3) is 0.700. The zero-order valence-corrected chi connectivity index (χ0v) is 17.9. The molecule has 1 heterocycles. The molecule has 7 heteroatoms. The number of aliphatic hydroxyl groups excluding tert-OH is 1. The Balaban J connectivity index is 0.00000364. The highest BCUT2D eigenvalue weighted by Gasteiger charge is 2.23. The molecule has 3 atom stereocenters. The predicted molar refractivity (Wildman–Crippen MR) is 108 cm³/mol. The number of halogens is 1. The molecule has 1 N–H and O–H groups in total. The number of hydrogen-bond acceptors (Lipinski definition) is 6. The molecule has 1 aromatic rings. The summed E-state index contributed by atoms with van der Waals surface area (Å²) in [5, 5.41) is 10.3. The molecule has 27 heavy (non-hydrogen) atoms. The summed E-state index contributed by atoms with van der Waals surface area (Å²) in [7, 11) is 4.76. The number of methoxy groups -OCH3 is 3. The van der Waals surface area contributed by atoms with Crippen LogP contribution in [-0.2, 0) is 11.3 Å². The summed E-state index contributed by atoms with van der Waals surface area (Å²) in [4.78, 5) is 2.34. The first-order chi connectivity index (χ1) is 12.5. The van der Waals surface area contributed by atoms with E-state index in [2.05, 4.69) is 18.7 Å². The van der Waals surface area contributed by atoms with E-state index in [4.69, 9.17) is 18.9 Å². The third-order valence-corrected chi connectivity index (χ3v) is 4.72. The Kier molecular flexibility index (Phi) is 10.2. The summed E-state index contributed by atoms with van der Waals surface area (Å²) in [5.74, 6) is 3.13. The maximum atomic E-state index is 10.3. The van der Waals surface area contributed by atoms with Gasteiger partial charge in [0, 0.05) is 19.6 Å². The van der Waals surface area contributed by atoms with Crippen LogP contribution in [0, 0.1) is 11.8 Å². The van der Waals surface area contributed by atoms with Crippen LogP contribution in [0.15, 0.2) is 12.1 Å². The van der Waals surface area contributed by atoms with E-state index in [1.807, 2.05) is 12.1 Å². The molecule has 0 spiro atoms. The second kappa shape index (κ2) is 11.6. The highest BCUT2D eigenvalue weighted by Crippen LogP contribution is 2.38. The highest BCUT2D eigenvalue weighted by molar-refractivity contribution is 5.85. The maximum Gasteiger partial charge on any atom is 0.203 e. The molecule has 1 fully saturated rings. The zero-order chi connectivity index (χ0) is 19.1. The van der Waals surface area contributed by atoms with Crippen LogP contribution in [0.3, 0.4) is 0 Å². The van der Waals surface area contributed by atoms with Crippen LogP contribution in [0.25, 0.3) is 0 Å². The Morgan fingerprint density at radius 2 is 1.59 bits per heavy atom. The van der Waals surface area contributed by atoms with Crippen molar-refractivity contribution in [3.63, 3.8) is 0 Å². The van der Waals surface area contributed by atoms with Crippen LogP contribution in [0.5, 0.6) is 17.2 Å². The quantitative estimate of drug-likeness (QED) is 0.684. The van der Waals surface area contributed by atoms with Crippen LogP contribution in [0.4, 0.5) is 0 Å². The van der Waals surface area contributed by atoms with Crippen molar-refractivity contribution in [1.29, 1.82) is 0 Å². The Bertz CT molecular complexity index is 536. The summed E-state index contributed by atoms with van der Waals surface area (Å²) >= 11 is 0. The average Bonchev–Trinajstić information content (AvgIpc) is 2.59. The van der Waals surface area contributed by atoms with Gasteiger partial charge in [-0.15, -0.1) is 12.4 Å². The van der Waals surface area contributed by atoms with E-state index in [-0.39, 0.29) is 12.4 Å². The van der Waals surface area contributed by atoms with Crippen molar-refractivity contribution < 1.29 is 24.1 Å². The molecule has 0 aliphatic carbocycles. The lowest BCUT2D eigenvalue weighted by molar-refractivity contribution is -0.000961. The van der Waals surface area contributed by atoms with E-state index in [0.29, 0.717) is 48.8 Å². The van der Waals surface area contributed by atoms with E-state index >= 15 is 0 Å². The molecule has 1 aliphatic heterocycles. The Morgan fingerprint density at radius 1 is 1.04 bits per heavy atom. The molecule has 0 aromatic heterocycles. The van der Waals surface area contributed by atoms with Gasteiger partial charge in [-0.05, 0) is 36.0 Å². The number of hydrogen-bond donors (Lipinski definition) is 1. The smallest absolute Gasteiger partial charge is 0.203 e. The largest absolute Gasteiger partial charge is 0.493 e. The number of likely N-dealkylation sites (tertiary alicyclic amines) is 1. The molecule has 0 bridgehead atoms. The third kappa shape index (κ3) is 7.03. The third-order valence-electron chi connectivity index (χ3n) is 4.72. The number of benzene rings is 1. The Morgan fingerprint density at radius 3 is 2.07 bits per heavy atom. The fourth-order valence-electron chi connectivity index (χ4n) is 3.82. The van der Waals surface area contributed by atoms with Gasteiger partial charge in [0.2, 0.25) is 5.75 Å². The van der Waals surface area contributed by atoms with Gasteiger partial charge in [0.1, 0.15) is 0 Å². The summed E-state index contributed by atoms with van der Waals surface area (Å²) in [6.45, 7) is 7.98. The number of ether oxygens (including phenoxy) is 4. The van der Waals surface area contributed by atoms with Crippen LogP contribution in [-0.4, -0.2) is 63.7 Å². The lowest BCUT2D eigenvalue weighted by Crippen LogP contribution is -2.43. The van der Waals surface area contributed by atoms with E-state index in [1.165, 1.54) is 6.42 Å². The van der Waals surface area contributed by atoms with Gasteiger partial charge >= 0.3 is 0 Å². The molecule has 0 amide bonds. The molecule has 0 radical (unpaired) electrons. The second-order valence-electron chi connectivity index (χ2n) is 7.37. The number of β-amino-alcohol motifs (C(OH)–C–C–N with tert-alkyl or cyclic N) is 1. The van der Waals surface area contributed by atoms with Crippen LogP contribution in [0.1, 0.15) is 25.8 Å². The Labute approximate surface area is 169 Å². The minimum absolute atomic E-state index is 0. The molecule has 2 rings (SSSR count). The van der Waals surface area contributed by atoms with Gasteiger partial charge in [-0.3, -0.25) is 0 Å². The predicted octanol–water partition coefficient (Wildman–Crippen LogP) is 2.99. The topological polar surface area (TPSA) is 60.4 Å². The van der Waals surface area contributed by atoms with Crippen LogP contribution >= 0.6 is 12.4 Å². The van der Waals surface area contributed by atoms with Crippen LogP contribution in [0.2, 0.25) is 0 Å². The highest BCUT2D eigenvalue weighted by atomic mass is 35.5. The fourth-order valence-corrected chi connectivity index (χ4v) is 3.82. The van der Waals surface area contributed by atoms with E-state index < -0.39 is 6.10 Å². The number of piperidine rings is 1. The number of aliphatic hydroxyl groups is 1. The van der Waals surface area contributed by atoms with Gasteiger partial charge in [0.05, 0.1) is 40.6 Å². The van der Waals surface area contributed by atoms with Gasteiger partial charge < -0.3 is 29.0 Å². The van der Waals surface area contributed by atoms with Crippen molar-refractivity contribution in [2.75, 3.05) is 47.6 Å². The lowest BCUT2D eigenvalue weighted by atomic mass is 9.92. The van der Waals surface area contributed by atoms with Crippen molar-refractivity contribution in [2.24, 2.45) is 11.8 Å². The summed E-state index contributed by atoms with van der Waals surface area (Å²) in [6.07, 6.45) is 0.777. The van der Waals surface area contributed by atoms with Crippen LogP contribution < -0.4 is 14.2 Å². The molecule has 156 valence electrons. The summed E-state index contributed by atoms with van der Waals surface area (Å²) < 4.78 is 21.7. The SMILES string of the molecule is COc1cc(COCC(O)CN2CC(C)CC(C)C2)cc(OC)c1OC.Cl. The molecule has 1 aromatic carbocycles. The number of nitrogens with zero attached hydrogens (tertiary/aromatic N) is 1. The first kappa shape index (κ1) is 23.8. The molecule has 6 nitrogen and oxygen atoms in total. The lowest BCUT2D eigenvalue weighted by Gasteiger charge is -2.35. The molecular formula is C20H34ClNO5. The Hall–Kier alpha value is -1.21. The minimum atomic E-state index is -0.491. The zero-order valence-electron chi connectivity index (χ0n) is 17.1. The second-order valence-corrected chi connectivity index (χ2v) is 7.37. The molecule has 1 saturated heterocycles. The van der Waals surface area contributed by atoms with E-state index in [9.17, 15) is 5.11 Å². The average molecular weight is 404 g/mol. The summed E-state index contributed by atoms with van der Waals surface area (Å²) in [6, 6.07) is 3.73. The normalized spacial score (nSPS) is 21.3. The van der Waals surface area contributed by atoms with Gasteiger partial charge in [0.25, 0.3) is 0 Å². The van der Waals surface area contributed by atoms with Crippen molar-refractivity contribution in [3.8, 4) is 17.2 Å². The van der Waals surface area contributed by atoms with Gasteiger partial charge in [-0.2, -0.15) is 0 Å². The molecular weight excluding hydrogens is 370 g/mol. The van der Waals surface area contributed by atoms with Gasteiger partial charge in [-0.1, -0.05) is 13.8 Å². The van der Waals surface area contributed by atoms with Gasteiger partial charge in [-0.25, -0.2) is 0 Å². The number of rotatable bonds is 9. The van der Waals surface area contributed by atoms with E-state index in [1.54, 1.807) is 21.3 Å². The maximum absolute atomic E-state index is 10.3. The van der Waals surface area contributed by atoms with Crippen molar-refractivity contribution in [1.82, 2.24) is 4.90 Å². The van der Waals surface area contributed by atoms with Crippen molar-refractivity contribution >= 4 is 12.4 Å². The molecule has 0 saturated carbocycles. The van der Waals surface area contributed by atoms with Crippen molar-refractivity contribution in [2.45, 2.75) is 33.0 Å². The first-order valence-electron chi connectivity index (χ1n) is 9.23. The summed E-state index contributed by atoms with van der Waals surface area (Å²) in [5.41, 5.74) is 0.909. The molecule has 1 aliphatic rings. The first-order valence-corrected chi connectivity index (χ1v) is 9.23.